The summed E-state index contributed by atoms with van der Waals surface area (Å²) in [6, 6.07) is 14.2. The molecule has 2 aromatic carbocycles. The second-order valence-corrected chi connectivity index (χ2v) is 4.86. The van der Waals surface area contributed by atoms with Crippen LogP contribution in [0, 0.1) is 0 Å². The summed E-state index contributed by atoms with van der Waals surface area (Å²) >= 11 is 0. The quantitative estimate of drug-likeness (QED) is 0.788. The number of esters is 1. The molecule has 0 fully saturated rings. The molecule has 24 heavy (non-hydrogen) atoms. The van der Waals surface area contributed by atoms with E-state index in [2.05, 4.69) is 10.1 Å². The molecule has 0 unspecified atom stereocenters. The van der Waals surface area contributed by atoms with E-state index in [4.69, 9.17) is 9.47 Å². The molecule has 0 aliphatic heterocycles. The van der Waals surface area contributed by atoms with Gasteiger partial charge in [-0.05, 0) is 55.5 Å². The largest absolute Gasteiger partial charge is 0.494 e. The Morgan fingerprint density at radius 1 is 0.917 bits per heavy atom. The molecule has 0 aromatic heterocycles. The molecule has 0 bridgehead atoms. The molecule has 126 valence electrons. The van der Waals surface area contributed by atoms with Gasteiger partial charge in [-0.2, -0.15) is 0 Å². The molecular formula is C18H19NO5. The maximum absolute atomic E-state index is 11.5. The minimum atomic E-state index is -0.496. The van der Waals surface area contributed by atoms with Crippen LogP contribution in [0.25, 0.3) is 0 Å². The van der Waals surface area contributed by atoms with Gasteiger partial charge in [-0.15, -0.1) is 0 Å². The molecule has 6 heteroatoms. The van der Waals surface area contributed by atoms with E-state index in [0.29, 0.717) is 23.8 Å². The van der Waals surface area contributed by atoms with E-state index < -0.39 is 11.9 Å². The van der Waals surface area contributed by atoms with Crippen molar-refractivity contribution in [2.24, 2.45) is 0 Å². The number of benzene rings is 2. The van der Waals surface area contributed by atoms with Crippen LogP contribution in [0.5, 0.6) is 17.2 Å². The lowest BCUT2D eigenvalue weighted by Crippen LogP contribution is -2.19. The molecule has 0 aliphatic carbocycles. The number of rotatable bonds is 7. The summed E-state index contributed by atoms with van der Waals surface area (Å²) in [5.74, 6) is 1.22. The summed E-state index contributed by atoms with van der Waals surface area (Å²) in [6.45, 7) is 3.49. The normalized spacial score (nSPS) is 9.92. The third kappa shape index (κ3) is 5.64. The fourth-order valence-corrected chi connectivity index (χ4v) is 1.88. The minimum absolute atomic E-state index is 0.306. The molecule has 0 heterocycles. The Morgan fingerprint density at radius 2 is 1.46 bits per heavy atom. The lowest BCUT2D eigenvalue weighted by Gasteiger charge is -2.09. The van der Waals surface area contributed by atoms with Crippen molar-refractivity contribution in [2.45, 2.75) is 13.8 Å². The first-order valence-electron chi connectivity index (χ1n) is 7.51. The highest BCUT2D eigenvalue weighted by atomic mass is 16.5. The standard InChI is InChI=1S/C18H19NO5/c1-3-22-15-8-10-17(11-9-15)24-16-6-4-14(5-7-16)19-18(21)12-23-13(2)20/h4-11H,3,12H2,1-2H3,(H,19,21). The van der Waals surface area contributed by atoms with Gasteiger partial charge in [-0.25, -0.2) is 0 Å². The number of hydrogen-bond acceptors (Lipinski definition) is 5. The van der Waals surface area contributed by atoms with Crippen LogP contribution in [-0.2, 0) is 14.3 Å². The van der Waals surface area contributed by atoms with Gasteiger partial charge in [0.05, 0.1) is 6.61 Å². The van der Waals surface area contributed by atoms with E-state index >= 15 is 0 Å². The highest BCUT2D eigenvalue weighted by Crippen LogP contribution is 2.25. The summed E-state index contributed by atoms with van der Waals surface area (Å²) in [4.78, 5) is 22.2. The Kier molecular flexibility index (Phi) is 6.19. The second-order valence-electron chi connectivity index (χ2n) is 4.86. The molecule has 0 spiro atoms. The lowest BCUT2D eigenvalue weighted by atomic mass is 10.3. The van der Waals surface area contributed by atoms with Crippen molar-refractivity contribution in [1.82, 2.24) is 0 Å². The second kappa shape index (κ2) is 8.57. The van der Waals surface area contributed by atoms with E-state index in [-0.39, 0.29) is 6.61 Å². The predicted molar refractivity (Wildman–Crippen MR) is 89.4 cm³/mol. The van der Waals surface area contributed by atoms with Gasteiger partial charge in [0, 0.05) is 12.6 Å². The van der Waals surface area contributed by atoms with Gasteiger partial charge in [-0.1, -0.05) is 0 Å². The van der Waals surface area contributed by atoms with Crippen molar-refractivity contribution in [1.29, 1.82) is 0 Å². The van der Waals surface area contributed by atoms with Gasteiger partial charge in [0.25, 0.3) is 5.91 Å². The lowest BCUT2D eigenvalue weighted by molar-refractivity contribution is -0.144. The molecule has 1 N–H and O–H groups in total. The minimum Gasteiger partial charge on any atom is -0.494 e. The Morgan fingerprint density at radius 3 is 2.00 bits per heavy atom. The number of ether oxygens (including phenoxy) is 3. The topological polar surface area (TPSA) is 73.9 Å². The van der Waals surface area contributed by atoms with E-state index in [1.807, 2.05) is 31.2 Å². The zero-order valence-electron chi connectivity index (χ0n) is 13.6. The molecule has 6 nitrogen and oxygen atoms in total. The van der Waals surface area contributed by atoms with Crippen molar-refractivity contribution in [2.75, 3.05) is 18.5 Å². The fourth-order valence-electron chi connectivity index (χ4n) is 1.88. The first-order chi connectivity index (χ1) is 11.6. The number of carbonyl (C=O) groups excluding carboxylic acids is 2. The monoisotopic (exact) mass is 329 g/mol. The van der Waals surface area contributed by atoms with Crippen LogP contribution >= 0.6 is 0 Å². The molecule has 2 rings (SSSR count). The first-order valence-corrected chi connectivity index (χ1v) is 7.51. The van der Waals surface area contributed by atoms with Gasteiger partial charge in [-0.3, -0.25) is 9.59 Å². The summed E-state index contributed by atoms with van der Waals surface area (Å²) in [5.41, 5.74) is 0.589. The number of carbonyl (C=O) groups is 2. The van der Waals surface area contributed by atoms with Crippen LogP contribution in [0.2, 0.25) is 0 Å². The van der Waals surface area contributed by atoms with Gasteiger partial charge in [0.1, 0.15) is 17.2 Å². The van der Waals surface area contributed by atoms with E-state index in [1.165, 1.54) is 6.92 Å². The maximum atomic E-state index is 11.5. The summed E-state index contributed by atoms with van der Waals surface area (Å²) in [6.07, 6.45) is 0. The number of amides is 1. The fraction of sp³-hybridized carbons (Fsp3) is 0.222. The molecule has 2 aromatic rings. The number of nitrogens with one attached hydrogen (secondary N) is 1. The van der Waals surface area contributed by atoms with Gasteiger partial charge < -0.3 is 19.5 Å². The Hall–Kier alpha value is -3.02. The Balaban J connectivity index is 1.89. The van der Waals surface area contributed by atoms with Crippen LogP contribution < -0.4 is 14.8 Å². The van der Waals surface area contributed by atoms with Crippen LogP contribution in [0.3, 0.4) is 0 Å². The first kappa shape index (κ1) is 17.3. The molecular weight excluding hydrogens is 310 g/mol. The van der Waals surface area contributed by atoms with Gasteiger partial charge in [0.15, 0.2) is 6.61 Å². The van der Waals surface area contributed by atoms with Crippen LogP contribution in [0.1, 0.15) is 13.8 Å². The smallest absolute Gasteiger partial charge is 0.303 e. The van der Waals surface area contributed by atoms with E-state index in [1.54, 1.807) is 24.3 Å². The van der Waals surface area contributed by atoms with Crippen molar-refractivity contribution >= 4 is 17.6 Å². The van der Waals surface area contributed by atoms with Gasteiger partial charge >= 0.3 is 5.97 Å². The molecule has 0 saturated heterocycles. The summed E-state index contributed by atoms with van der Waals surface area (Å²) in [5, 5.41) is 2.62. The average Bonchev–Trinajstić information content (AvgIpc) is 2.57. The number of hydrogen-bond donors (Lipinski definition) is 1. The highest BCUT2D eigenvalue weighted by Gasteiger charge is 2.05. The average molecular weight is 329 g/mol. The Bertz CT molecular complexity index is 680. The zero-order chi connectivity index (χ0) is 17.4. The van der Waals surface area contributed by atoms with Gasteiger partial charge in [0.2, 0.25) is 0 Å². The third-order valence-corrected chi connectivity index (χ3v) is 2.92. The molecule has 1 amide bonds. The summed E-state index contributed by atoms with van der Waals surface area (Å²) in [7, 11) is 0. The Labute approximate surface area is 140 Å². The highest BCUT2D eigenvalue weighted by molar-refractivity contribution is 5.92. The number of anilines is 1. The summed E-state index contributed by atoms with van der Waals surface area (Å²) < 4.78 is 15.7. The van der Waals surface area contributed by atoms with Crippen molar-refractivity contribution in [3.05, 3.63) is 48.5 Å². The van der Waals surface area contributed by atoms with Crippen molar-refractivity contribution < 1.29 is 23.8 Å². The maximum Gasteiger partial charge on any atom is 0.303 e. The molecule has 0 atom stereocenters. The van der Waals surface area contributed by atoms with Crippen molar-refractivity contribution in [3.8, 4) is 17.2 Å². The SMILES string of the molecule is CCOc1ccc(Oc2ccc(NC(=O)COC(C)=O)cc2)cc1. The van der Waals surface area contributed by atoms with Crippen LogP contribution in [0.4, 0.5) is 5.69 Å². The third-order valence-electron chi connectivity index (χ3n) is 2.92. The molecule has 0 radical (unpaired) electrons. The molecule has 0 saturated carbocycles. The van der Waals surface area contributed by atoms with E-state index in [9.17, 15) is 9.59 Å². The van der Waals surface area contributed by atoms with Crippen molar-refractivity contribution in [3.63, 3.8) is 0 Å². The van der Waals surface area contributed by atoms with E-state index in [0.717, 1.165) is 5.75 Å². The molecule has 0 aliphatic rings. The van der Waals surface area contributed by atoms with Crippen LogP contribution in [-0.4, -0.2) is 25.1 Å². The predicted octanol–water partition coefficient (Wildman–Crippen LogP) is 3.38. The van der Waals surface area contributed by atoms with Crippen LogP contribution in [0.15, 0.2) is 48.5 Å². The zero-order valence-corrected chi connectivity index (χ0v) is 13.6.